The highest BCUT2D eigenvalue weighted by Crippen LogP contribution is 2.24. The predicted octanol–water partition coefficient (Wildman–Crippen LogP) is 3.22. The third kappa shape index (κ3) is 3.37. The van der Waals surface area contributed by atoms with Crippen LogP contribution in [0, 0.1) is 0 Å². The van der Waals surface area contributed by atoms with E-state index < -0.39 is 0 Å². The molecular formula is C19H21NO3. The van der Waals surface area contributed by atoms with Crippen LogP contribution in [0.4, 0.5) is 0 Å². The predicted molar refractivity (Wildman–Crippen MR) is 89.7 cm³/mol. The van der Waals surface area contributed by atoms with Gasteiger partial charge >= 0.3 is 0 Å². The van der Waals surface area contributed by atoms with E-state index >= 15 is 0 Å². The van der Waals surface area contributed by atoms with Crippen LogP contribution in [0.2, 0.25) is 0 Å². The van der Waals surface area contributed by atoms with E-state index in [1.807, 2.05) is 53.4 Å². The van der Waals surface area contributed by atoms with Crippen molar-refractivity contribution in [2.24, 2.45) is 0 Å². The smallest absolute Gasteiger partial charge is 0.253 e. The van der Waals surface area contributed by atoms with E-state index in [1.165, 1.54) is 0 Å². The highest BCUT2D eigenvalue weighted by molar-refractivity contribution is 5.95. The zero-order valence-electron chi connectivity index (χ0n) is 13.5. The number of ether oxygens (including phenoxy) is 2. The van der Waals surface area contributed by atoms with E-state index in [4.69, 9.17) is 9.47 Å². The van der Waals surface area contributed by atoms with Gasteiger partial charge in [-0.05, 0) is 41.8 Å². The van der Waals surface area contributed by atoms with Crippen molar-refractivity contribution in [3.8, 4) is 16.9 Å². The highest BCUT2D eigenvalue weighted by Gasteiger charge is 2.26. The van der Waals surface area contributed by atoms with E-state index in [9.17, 15) is 4.79 Å². The molecule has 3 rings (SSSR count). The van der Waals surface area contributed by atoms with Crippen LogP contribution in [0.1, 0.15) is 16.8 Å². The second-order valence-corrected chi connectivity index (χ2v) is 5.71. The first-order chi connectivity index (χ1) is 11.2. The van der Waals surface area contributed by atoms with Crippen molar-refractivity contribution in [2.45, 2.75) is 12.5 Å². The Bertz CT molecular complexity index is 681. The monoisotopic (exact) mass is 311 g/mol. The lowest BCUT2D eigenvalue weighted by molar-refractivity contribution is 0.0724. The molecular weight excluding hydrogens is 290 g/mol. The molecule has 23 heavy (non-hydrogen) atoms. The summed E-state index contributed by atoms with van der Waals surface area (Å²) in [5.74, 6) is 0.895. The van der Waals surface area contributed by atoms with Crippen molar-refractivity contribution in [3.63, 3.8) is 0 Å². The maximum Gasteiger partial charge on any atom is 0.253 e. The van der Waals surface area contributed by atoms with Gasteiger partial charge in [-0.3, -0.25) is 4.79 Å². The summed E-state index contributed by atoms with van der Waals surface area (Å²) in [6.45, 7) is 1.43. The molecule has 0 aliphatic carbocycles. The van der Waals surface area contributed by atoms with Crippen LogP contribution < -0.4 is 4.74 Å². The number of carbonyl (C=O) groups is 1. The lowest BCUT2D eigenvalue weighted by Gasteiger charge is -2.16. The summed E-state index contributed by atoms with van der Waals surface area (Å²) >= 11 is 0. The first-order valence-corrected chi connectivity index (χ1v) is 7.78. The van der Waals surface area contributed by atoms with Crippen molar-refractivity contribution in [2.75, 3.05) is 27.3 Å². The Morgan fingerprint density at radius 1 is 1.09 bits per heavy atom. The summed E-state index contributed by atoms with van der Waals surface area (Å²) in [6.07, 6.45) is 1.07. The number of benzene rings is 2. The molecule has 0 bridgehead atoms. The number of likely N-dealkylation sites (tertiary alicyclic amines) is 1. The molecule has 1 amide bonds. The van der Waals surface area contributed by atoms with Gasteiger partial charge in [-0.2, -0.15) is 0 Å². The van der Waals surface area contributed by atoms with Crippen LogP contribution in [-0.4, -0.2) is 44.2 Å². The van der Waals surface area contributed by atoms with Gasteiger partial charge in [-0.25, -0.2) is 0 Å². The molecule has 2 aromatic rings. The van der Waals surface area contributed by atoms with E-state index in [1.54, 1.807) is 14.2 Å². The lowest BCUT2D eigenvalue weighted by Crippen LogP contribution is -2.29. The van der Waals surface area contributed by atoms with Crippen LogP contribution in [0.5, 0.6) is 5.75 Å². The first kappa shape index (κ1) is 15.6. The highest BCUT2D eigenvalue weighted by atomic mass is 16.5. The second kappa shape index (κ2) is 6.84. The van der Waals surface area contributed by atoms with Gasteiger partial charge in [0.1, 0.15) is 5.75 Å². The SMILES string of the molecule is COc1cccc(-c2ccc(C(=O)N3CC[C@@H](OC)C3)cc2)c1. The molecule has 0 saturated carbocycles. The largest absolute Gasteiger partial charge is 0.497 e. The molecule has 1 aliphatic heterocycles. The maximum absolute atomic E-state index is 12.5. The molecule has 0 radical (unpaired) electrons. The molecule has 0 N–H and O–H groups in total. The topological polar surface area (TPSA) is 38.8 Å². The van der Waals surface area contributed by atoms with Gasteiger partial charge in [0.05, 0.1) is 13.2 Å². The fourth-order valence-electron chi connectivity index (χ4n) is 2.90. The van der Waals surface area contributed by atoms with Crippen molar-refractivity contribution in [1.29, 1.82) is 0 Å². The third-order valence-corrected chi connectivity index (χ3v) is 4.30. The number of hydrogen-bond acceptors (Lipinski definition) is 3. The Kier molecular flexibility index (Phi) is 4.63. The number of methoxy groups -OCH3 is 2. The van der Waals surface area contributed by atoms with Crippen LogP contribution >= 0.6 is 0 Å². The summed E-state index contributed by atoms with van der Waals surface area (Å²) < 4.78 is 10.6. The van der Waals surface area contributed by atoms with Gasteiger partial charge in [0.25, 0.3) is 5.91 Å². The Morgan fingerprint density at radius 2 is 1.87 bits per heavy atom. The van der Waals surface area contributed by atoms with Crippen LogP contribution in [0.25, 0.3) is 11.1 Å². The molecule has 0 unspecified atom stereocenters. The van der Waals surface area contributed by atoms with Crippen molar-refractivity contribution in [3.05, 3.63) is 54.1 Å². The van der Waals surface area contributed by atoms with Gasteiger partial charge in [-0.15, -0.1) is 0 Å². The number of amides is 1. The Morgan fingerprint density at radius 3 is 2.52 bits per heavy atom. The standard InChI is InChI=1S/C19H21NO3/c1-22-17-5-3-4-16(12-17)14-6-8-15(9-7-14)19(21)20-11-10-18(13-20)23-2/h3-9,12,18H,10-11,13H2,1-2H3/t18-/m1/s1. The number of rotatable bonds is 4. The summed E-state index contributed by atoms with van der Waals surface area (Å²) in [5, 5.41) is 0. The third-order valence-electron chi connectivity index (χ3n) is 4.30. The molecule has 1 aliphatic rings. The summed E-state index contributed by atoms with van der Waals surface area (Å²) in [7, 11) is 3.35. The van der Waals surface area contributed by atoms with Gasteiger partial charge in [0.2, 0.25) is 0 Å². The van der Waals surface area contributed by atoms with Crippen LogP contribution in [0.3, 0.4) is 0 Å². The quantitative estimate of drug-likeness (QED) is 0.870. The molecule has 1 fully saturated rings. The zero-order valence-corrected chi connectivity index (χ0v) is 13.5. The van der Waals surface area contributed by atoms with E-state index in [2.05, 4.69) is 0 Å². The number of carbonyl (C=O) groups excluding carboxylic acids is 1. The average molecular weight is 311 g/mol. The summed E-state index contributed by atoms with van der Waals surface area (Å²) in [6, 6.07) is 15.6. The molecule has 1 saturated heterocycles. The summed E-state index contributed by atoms with van der Waals surface area (Å²) in [4.78, 5) is 14.4. The van der Waals surface area contributed by atoms with Crippen LogP contribution in [0.15, 0.2) is 48.5 Å². The Balaban J connectivity index is 1.75. The van der Waals surface area contributed by atoms with Gasteiger partial charge in [0, 0.05) is 25.8 Å². The second-order valence-electron chi connectivity index (χ2n) is 5.71. The van der Waals surface area contributed by atoms with Crippen LogP contribution in [-0.2, 0) is 4.74 Å². The molecule has 120 valence electrons. The molecule has 2 aromatic carbocycles. The normalized spacial score (nSPS) is 17.3. The van der Waals surface area contributed by atoms with Crippen molar-refractivity contribution >= 4 is 5.91 Å². The van der Waals surface area contributed by atoms with Crippen molar-refractivity contribution < 1.29 is 14.3 Å². The van der Waals surface area contributed by atoms with E-state index in [0.717, 1.165) is 29.8 Å². The number of hydrogen-bond donors (Lipinski definition) is 0. The van der Waals surface area contributed by atoms with Crippen molar-refractivity contribution in [1.82, 2.24) is 4.90 Å². The maximum atomic E-state index is 12.5. The molecule has 0 aromatic heterocycles. The minimum absolute atomic E-state index is 0.0711. The zero-order chi connectivity index (χ0) is 16.2. The molecule has 0 spiro atoms. The number of nitrogens with zero attached hydrogens (tertiary/aromatic N) is 1. The van der Waals surface area contributed by atoms with E-state index in [-0.39, 0.29) is 12.0 Å². The lowest BCUT2D eigenvalue weighted by atomic mass is 10.0. The molecule has 4 nitrogen and oxygen atoms in total. The average Bonchev–Trinajstić information content (AvgIpc) is 3.10. The first-order valence-electron chi connectivity index (χ1n) is 7.78. The Labute approximate surface area is 136 Å². The minimum Gasteiger partial charge on any atom is -0.497 e. The molecule has 4 heteroatoms. The molecule has 1 atom stereocenters. The van der Waals surface area contributed by atoms with E-state index in [0.29, 0.717) is 12.1 Å². The van der Waals surface area contributed by atoms with Gasteiger partial charge in [0.15, 0.2) is 0 Å². The minimum atomic E-state index is 0.0711. The fourth-order valence-corrected chi connectivity index (χ4v) is 2.90. The Hall–Kier alpha value is -2.33. The van der Waals surface area contributed by atoms with Gasteiger partial charge < -0.3 is 14.4 Å². The summed E-state index contributed by atoms with van der Waals surface area (Å²) in [5.41, 5.74) is 2.86. The molecule has 1 heterocycles. The van der Waals surface area contributed by atoms with Gasteiger partial charge in [-0.1, -0.05) is 24.3 Å². The fraction of sp³-hybridized carbons (Fsp3) is 0.316.